The smallest absolute Gasteiger partial charge is 0.0490 e. The van der Waals surface area contributed by atoms with Gasteiger partial charge < -0.3 is 15.2 Å². The van der Waals surface area contributed by atoms with Crippen LogP contribution in [0.15, 0.2) is 78.9 Å². The average molecular weight is 410 g/mol. The fraction of sp³-hybridized carbons (Fsp3) is 0.286. The molecule has 4 aromatic rings. The van der Waals surface area contributed by atoms with Crippen molar-refractivity contribution in [1.82, 2.24) is 9.47 Å². The van der Waals surface area contributed by atoms with E-state index in [0.29, 0.717) is 6.04 Å². The topological polar surface area (TPSA) is 34.2 Å². The molecule has 3 nitrogen and oxygen atoms in total. The van der Waals surface area contributed by atoms with E-state index >= 15 is 0 Å². The molecule has 2 N–H and O–H groups in total. The molecule has 0 aliphatic carbocycles. The molecule has 5 rings (SSSR count). The maximum absolute atomic E-state index is 6.27. The molecule has 3 heteroatoms. The van der Waals surface area contributed by atoms with Crippen LogP contribution in [0.1, 0.15) is 35.2 Å². The Hall–Kier alpha value is -3.04. The van der Waals surface area contributed by atoms with Gasteiger partial charge in [-0.2, -0.15) is 0 Å². The summed E-state index contributed by atoms with van der Waals surface area (Å²) in [6.07, 6.45) is 4.59. The SMILES string of the molecule is CN1CCCC1Cc1c(Cc2ccccc2)n(Cc2ccccc2)c2ccc(N)cc12. The molecule has 31 heavy (non-hydrogen) atoms. The molecule has 1 fully saturated rings. The monoisotopic (exact) mass is 409 g/mol. The first-order valence-corrected chi connectivity index (χ1v) is 11.4. The second-order valence-electron chi connectivity index (χ2n) is 8.92. The summed E-state index contributed by atoms with van der Waals surface area (Å²) >= 11 is 0. The molecule has 1 unspecified atom stereocenters. The summed E-state index contributed by atoms with van der Waals surface area (Å²) in [5.74, 6) is 0. The lowest BCUT2D eigenvalue weighted by Gasteiger charge is -2.20. The molecule has 1 aliphatic rings. The highest BCUT2D eigenvalue weighted by Crippen LogP contribution is 2.33. The lowest BCUT2D eigenvalue weighted by Crippen LogP contribution is -2.27. The summed E-state index contributed by atoms with van der Waals surface area (Å²) in [6.45, 7) is 2.08. The molecular formula is C28H31N3. The van der Waals surface area contributed by atoms with Crippen LogP contribution in [-0.4, -0.2) is 29.1 Å². The zero-order chi connectivity index (χ0) is 21.2. The van der Waals surface area contributed by atoms with Crippen LogP contribution in [0.3, 0.4) is 0 Å². The van der Waals surface area contributed by atoms with Crippen molar-refractivity contribution >= 4 is 16.6 Å². The predicted octanol–water partition coefficient (Wildman–Crippen LogP) is 5.50. The Kier molecular flexibility index (Phi) is 5.52. The number of nitrogen functional groups attached to an aromatic ring is 1. The van der Waals surface area contributed by atoms with Crippen molar-refractivity contribution < 1.29 is 0 Å². The van der Waals surface area contributed by atoms with Gasteiger partial charge in [-0.1, -0.05) is 60.7 Å². The molecule has 3 aromatic carbocycles. The van der Waals surface area contributed by atoms with Crippen LogP contribution < -0.4 is 5.73 Å². The van der Waals surface area contributed by atoms with Crippen molar-refractivity contribution in [3.05, 3.63) is 101 Å². The number of likely N-dealkylation sites (N-methyl/N-ethyl adjacent to an activating group) is 1. The molecule has 0 bridgehead atoms. The predicted molar refractivity (Wildman–Crippen MR) is 130 cm³/mol. The number of hydrogen-bond acceptors (Lipinski definition) is 2. The number of aromatic nitrogens is 1. The third kappa shape index (κ3) is 4.11. The molecule has 1 atom stereocenters. The van der Waals surface area contributed by atoms with Crippen LogP contribution in [0.2, 0.25) is 0 Å². The maximum atomic E-state index is 6.27. The lowest BCUT2D eigenvalue weighted by atomic mass is 9.97. The van der Waals surface area contributed by atoms with Crippen LogP contribution in [0, 0.1) is 0 Å². The van der Waals surface area contributed by atoms with Crippen molar-refractivity contribution in [1.29, 1.82) is 0 Å². The highest BCUT2D eigenvalue weighted by Gasteiger charge is 2.26. The van der Waals surface area contributed by atoms with Crippen LogP contribution in [0.4, 0.5) is 5.69 Å². The Morgan fingerprint density at radius 2 is 1.61 bits per heavy atom. The average Bonchev–Trinajstić information content (AvgIpc) is 3.31. The van der Waals surface area contributed by atoms with Crippen LogP contribution >= 0.6 is 0 Å². The lowest BCUT2D eigenvalue weighted by molar-refractivity contribution is 0.309. The Morgan fingerprint density at radius 1 is 0.903 bits per heavy atom. The summed E-state index contributed by atoms with van der Waals surface area (Å²) in [5.41, 5.74) is 14.0. The van der Waals surface area contributed by atoms with E-state index in [1.54, 1.807) is 0 Å². The number of benzene rings is 3. The highest BCUT2D eigenvalue weighted by atomic mass is 15.1. The van der Waals surface area contributed by atoms with Crippen molar-refractivity contribution in [3.8, 4) is 0 Å². The van der Waals surface area contributed by atoms with Crippen LogP contribution in [0.5, 0.6) is 0 Å². The van der Waals surface area contributed by atoms with E-state index < -0.39 is 0 Å². The normalized spacial score (nSPS) is 16.9. The van der Waals surface area contributed by atoms with Gasteiger partial charge in [0, 0.05) is 41.3 Å². The third-order valence-electron chi connectivity index (χ3n) is 6.82. The summed E-state index contributed by atoms with van der Waals surface area (Å²) in [5, 5.41) is 1.32. The fourth-order valence-corrected chi connectivity index (χ4v) is 5.13. The van der Waals surface area contributed by atoms with E-state index in [-0.39, 0.29) is 0 Å². The van der Waals surface area contributed by atoms with E-state index in [9.17, 15) is 0 Å². The molecule has 0 spiro atoms. The minimum atomic E-state index is 0.603. The Labute approximate surface area is 185 Å². The molecule has 0 radical (unpaired) electrons. The van der Waals surface area contributed by atoms with E-state index in [0.717, 1.165) is 25.1 Å². The van der Waals surface area contributed by atoms with Crippen molar-refractivity contribution in [2.24, 2.45) is 0 Å². The quantitative estimate of drug-likeness (QED) is 0.427. The van der Waals surface area contributed by atoms with Gasteiger partial charge in [-0.15, -0.1) is 0 Å². The van der Waals surface area contributed by atoms with Crippen molar-refractivity contribution in [2.45, 2.75) is 38.3 Å². The first-order valence-electron chi connectivity index (χ1n) is 11.4. The molecule has 1 saturated heterocycles. The number of rotatable bonds is 6. The van der Waals surface area contributed by atoms with Gasteiger partial charge in [0.2, 0.25) is 0 Å². The molecule has 0 amide bonds. The van der Waals surface area contributed by atoms with Crippen molar-refractivity contribution in [2.75, 3.05) is 19.3 Å². The zero-order valence-corrected chi connectivity index (χ0v) is 18.3. The minimum Gasteiger partial charge on any atom is -0.399 e. The largest absolute Gasteiger partial charge is 0.399 e. The summed E-state index contributed by atoms with van der Waals surface area (Å²) in [7, 11) is 2.27. The number of nitrogens with two attached hydrogens (primary N) is 1. The van der Waals surface area contributed by atoms with Gasteiger partial charge >= 0.3 is 0 Å². The van der Waals surface area contributed by atoms with Gasteiger partial charge in [0.05, 0.1) is 0 Å². The highest BCUT2D eigenvalue weighted by molar-refractivity contribution is 5.88. The van der Waals surface area contributed by atoms with E-state index in [2.05, 4.69) is 89.3 Å². The summed E-state index contributed by atoms with van der Waals surface area (Å²) in [6, 6.07) is 28.7. The van der Waals surface area contributed by atoms with Crippen LogP contribution in [-0.2, 0) is 19.4 Å². The number of fused-ring (bicyclic) bond motifs is 1. The number of anilines is 1. The third-order valence-corrected chi connectivity index (χ3v) is 6.82. The summed E-state index contributed by atoms with van der Waals surface area (Å²) in [4.78, 5) is 2.53. The van der Waals surface area contributed by atoms with Crippen molar-refractivity contribution in [3.63, 3.8) is 0 Å². The fourth-order valence-electron chi connectivity index (χ4n) is 5.13. The van der Waals surface area contributed by atoms with Gasteiger partial charge in [0.25, 0.3) is 0 Å². The Bertz CT molecular complexity index is 1160. The maximum Gasteiger partial charge on any atom is 0.0490 e. The van der Waals surface area contributed by atoms with E-state index in [1.807, 2.05) is 6.07 Å². The Balaban J connectivity index is 1.67. The first-order chi connectivity index (χ1) is 15.2. The molecule has 1 aromatic heterocycles. The second-order valence-corrected chi connectivity index (χ2v) is 8.92. The molecule has 0 saturated carbocycles. The van der Waals surface area contributed by atoms with Gasteiger partial charge in [-0.05, 0) is 67.7 Å². The van der Waals surface area contributed by atoms with Gasteiger partial charge in [-0.25, -0.2) is 0 Å². The van der Waals surface area contributed by atoms with Crippen LogP contribution in [0.25, 0.3) is 10.9 Å². The first kappa shape index (κ1) is 19.9. The Morgan fingerprint density at radius 3 is 2.29 bits per heavy atom. The molecular weight excluding hydrogens is 378 g/mol. The van der Waals surface area contributed by atoms with E-state index in [1.165, 1.54) is 52.7 Å². The van der Waals surface area contributed by atoms with Gasteiger partial charge in [0.15, 0.2) is 0 Å². The minimum absolute atomic E-state index is 0.603. The molecule has 158 valence electrons. The zero-order valence-electron chi connectivity index (χ0n) is 18.3. The molecule has 1 aliphatic heterocycles. The van der Waals surface area contributed by atoms with Gasteiger partial charge in [-0.3, -0.25) is 0 Å². The number of hydrogen-bond donors (Lipinski definition) is 1. The van der Waals surface area contributed by atoms with Gasteiger partial charge in [0.1, 0.15) is 0 Å². The van der Waals surface area contributed by atoms with E-state index in [4.69, 9.17) is 5.73 Å². The standard InChI is InChI=1S/C28H31N3/c1-30-16-8-13-24(30)19-26-25-18-23(29)14-15-27(25)31(20-22-11-6-3-7-12-22)28(26)17-21-9-4-2-5-10-21/h2-7,9-12,14-15,18,24H,8,13,16-17,19-20,29H2,1H3. The number of nitrogens with zero attached hydrogens (tertiary/aromatic N) is 2. The summed E-state index contributed by atoms with van der Waals surface area (Å²) < 4.78 is 2.53. The second kappa shape index (κ2) is 8.60. The molecule has 2 heterocycles. The number of likely N-dealkylation sites (tertiary alicyclic amines) is 1.